The lowest BCUT2D eigenvalue weighted by Crippen LogP contribution is -2.42. The van der Waals surface area contributed by atoms with Crippen LogP contribution in [-0.4, -0.2) is 17.0 Å². The van der Waals surface area contributed by atoms with E-state index < -0.39 is 0 Å². The van der Waals surface area contributed by atoms with Crippen molar-refractivity contribution < 1.29 is 4.42 Å². The molecule has 0 bridgehead atoms. The average Bonchev–Trinajstić information content (AvgIpc) is 2.95. The highest BCUT2D eigenvalue weighted by molar-refractivity contribution is 5.79. The van der Waals surface area contributed by atoms with Crippen molar-refractivity contribution >= 4 is 5.96 Å². The molecule has 0 atom stereocenters. The van der Waals surface area contributed by atoms with Crippen molar-refractivity contribution in [2.75, 3.05) is 0 Å². The minimum absolute atomic E-state index is 0.396. The van der Waals surface area contributed by atoms with Crippen LogP contribution in [-0.2, 0) is 6.54 Å². The molecule has 1 aromatic heterocycles. The molecule has 0 radical (unpaired) electrons. The van der Waals surface area contributed by atoms with E-state index in [1.165, 1.54) is 12.8 Å². The number of rotatable bonds is 3. The van der Waals surface area contributed by atoms with Crippen LogP contribution in [0.15, 0.2) is 15.6 Å². The van der Waals surface area contributed by atoms with Gasteiger partial charge in [0.25, 0.3) is 0 Å². The van der Waals surface area contributed by atoms with Gasteiger partial charge in [0.05, 0.1) is 6.20 Å². The quantitative estimate of drug-likeness (QED) is 0.283. The van der Waals surface area contributed by atoms with Gasteiger partial charge in [-0.2, -0.15) is 0 Å². The summed E-state index contributed by atoms with van der Waals surface area (Å²) in [5.74, 6) is 7.30. The maximum Gasteiger partial charge on any atom is 0.216 e. The van der Waals surface area contributed by atoms with Crippen LogP contribution in [0.25, 0.3) is 0 Å². The molecule has 82 valence electrons. The SMILES string of the molecule is Cc1cnc(CN=C(NN)NC2CC2)o1. The summed E-state index contributed by atoms with van der Waals surface area (Å²) in [5.41, 5.74) is 2.52. The third kappa shape index (κ3) is 2.95. The maximum atomic E-state index is 5.32. The van der Waals surface area contributed by atoms with E-state index in [1.54, 1.807) is 6.20 Å². The van der Waals surface area contributed by atoms with E-state index in [9.17, 15) is 0 Å². The molecule has 0 aromatic carbocycles. The largest absolute Gasteiger partial charge is 0.444 e. The summed E-state index contributed by atoms with van der Waals surface area (Å²) in [4.78, 5) is 8.27. The van der Waals surface area contributed by atoms with Crippen molar-refractivity contribution in [1.82, 2.24) is 15.7 Å². The van der Waals surface area contributed by atoms with Crippen LogP contribution in [0, 0.1) is 6.92 Å². The van der Waals surface area contributed by atoms with Gasteiger partial charge >= 0.3 is 0 Å². The minimum Gasteiger partial charge on any atom is -0.444 e. The van der Waals surface area contributed by atoms with Gasteiger partial charge in [0.1, 0.15) is 12.3 Å². The molecule has 1 aliphatic carbocycles. The van der Waals surface area contributed by atoms with Gasteiger partial charge in [-0.1, -0.05) is 0 Å². The minimum atomic E-state index is 0.396. The number of nitrogens with zero attached hydrogens (tertiary/aromatic N) is 2. The summed E-state index contributed by atoms with van der Waals surface area (Å²) in [7, 11) is 0. The zero-order valence-electron chi connectivity index (χ0n) is 8.66. The fourth-order valence-electron chi connectivity index (χ4n) is 1.18. The van der Waals surface area contributed by atoms with E-state index in [1.807, 2.05) is 6.92 Å². The summed E-state index contributed by atoms with van der Waals surface area (Å²) in [6, 6.07) is 0.520. The number of oxazole rings is 1. The van der Waals surface area contributed by atoms with Gasteiger partial charge in [-0.25, -0.2) is 15.8 Å². The van der Waals surface area contributed by atoms with E-state index >= 15 is 0 Å². The highest BCUT2D eigenvalue weighted by Crippen LogP contribution is 2.18. The third-order valence-corrected chi connectivity index (χ3v) is 2.10. The summed E-state index contributed by atoms with van der Waals surface area (Å²) in [5, 5.41) is 3.16. The van der Waals surface area contributed by atoms with Crippen molar-refractivity contribution in [3.8, 4) is 0 Å². The summed E-state index contributed by atoms with van der Waals surface area (Å²) < 4.78 is 5.28. The molecule has 1 aromatic rings. The Hall–Kier alpha value is -1.56. The van der Waals surface area contributed by atoms with Gasteiger partial charge in [0, 0.05) is 6.04 Å². The van der Waals surface area contributed by atoms with Gasteiger partial charge < -0.3 is 9.73 Å². The van der Waals surface area contributed by atoms with E-state index in [0.717, 1.165) is 5.76 Å². The average molecular weight is 209 g/mol. The molecule has 0 saturated heterocycles. The Morgan fingerprint density at radius 3 is 3.07 bits per heavy atom. The van der Waals surface area contributed by atoms with Crippen molar-refractivity contribution in [1.29, 1.82) is 0 Å². The second-order valence-corrected chi connectivity index (χ2v) is 3.59. The summed E-state index contributed by atoms with van der Waals surface area (Å²) in [6.07, 6.45) is 4.03. The van der Waals surface area contributed by atoms with E-state index in [-0.39, 0.29) is 0 Å². The second-order valence-electron chi connectivity index (χ2n) is 3.59. The van der Waals surface area contributed by atoms with Crippen LogP contribution in [0.5, 0.6) is 0 Å². The number of hydrogen-bond donors (Lipinski definition) is 3. The maximum absolute atomic E-state index is 5.32. The molecular formula is C9H15N5O. The molecule has 0 unspecified atom stereocenters. The van der Waals surface area contributed by atoms with Gasteiger partial charge in [-0.05, 0) is 19.8 Å². The molecule has 0 aliphatic heterocycles. The topological polar surface area (TPSA) is 88.5 Å². The van der Waals surface area contributed by atoms with Crippen molar-refractivity contribution in [3.63, 3.8) is 0 Å². The number of aryl methyl sites for hydroxylation is 1. The van der Waals surface area contributed by atoms with Crippen LogP contribution in [0.1, 0.15) is 24.5 Å². The fraction of sp³-hybridized carbons (Fsp3) is 0.556. The number of nitrogens with one attached hydrogen (secondary N) is 2. The number of hydrogen-bond acceptors (Lipinski definition) is 4. The van der Waals surface area contributed by atoms with Gasteiger partial charge in [-0.15, -0.1) is 0 Å². The third-order valence-electron chi connectivity index (χ3n) is 2.10. The lowest BCUT2D eigenvalue weighted by Gasteiger charge is -2.06. The Bertz CT molecular complexity index is 355. The van der Waals surface area contributed by atoms with E-state index in [4.69, 9.17) is 10.3 Å². The van der Waals surface area contributed by atoms with Crippen LogP contribution in [0.4, 0.5) is 0 Å². The van der Waals surface area contributed by atoms with Crippen molar-refractivity contribution in [2.24, 2.45) is 10.8 Å². The lowest BCUT2D eigenvalue weighted by molar-refractivity contribution is 0.473. The molecule has 2 rings (SSSR count). The normalized spacial score (nSPS) is 16.5. The lowest BCUT2D eigenvalue weighted by atomic mass is 10.6. The molecule has 1 heterocycles. The zero-order chi connectivity index (χ0) is 10.7. The first-order valence-corrected chi connectivity index (χ1v) is 4.97. The van der Waals surface area contributed by atoms with Crippen molar-refractivity contribution in [2.45, 2.75) is 32.4 Å². The molecule has 6 heteroatoms. The first-order chi connectivity index (χ1) is 7.28. The molecule has 6 nitrogen and oxygen atoms in total. The first-order valence-electron chi connectivity index (χ1n) is 4.97. The molecule has 1 saturated carbocycles. The zero-order valence-corrected chi connectivity index (χ0v) is 8.66. The van der Waals surface area contributed by atoms with Gasteiger partial charge in [0.15, 0.2) is 0 Å². The molecule has 0 spiro atoms. The predicted molar refractivity (Wildman–Crippen MR) is 55.9 cm³/mol. The second kappa shape index (κ2) is 4.31. The Morgan fingerprint density at radius 1 is 1.73 bits per heavy atom. The number of guanidine groups is 1. The first kappa shape index (κ1) is 9.97. The smallest absolute Gasteiger partial charge is 0.216 e. The summed E-state index contributed by atoms with van der Waals surface area (Å²) in [6.45, 7) is 2.25. The Labute approximate surface area is 87.9 Å². The number of hydrazine groups is 1. The Kier molecular flexibility index (Phi) is 2.86. The Balaban J connectivity index is 1.89. The van der Waals surface area contributed by atoms with Crippen LogP contribution < -0.4 is 16.6 Å². The predicted octanol–water partition coefficient (Wildman–Crippen LogP) is 0.0543. The molecule has 1 fully saturated rings. The standard InChI is InChI=1S/C9H15N5O/c1-6-4-11-8(15-6)5-12-9(14-10)13-7-2-3-7/h4,7H,2-3,5,10H2,1H3,(H2,12,13,14). The van der Waals surface area contributed by atoms with Gasteiger partial charge in [-0.3, -0.25) is 5.43 Å². The fourth-order valence-corrected chi connectivity index (χ4v) is 1.18. The molecule has 0 amide bonds. The van der Waals surface area contributed by atoms with Crippen molar-refractivity contribution in [3.05, 3.63) is 17.8 Å². The highest BCUT2D eigenvalue weighted by atomic mass is 16.4. The molecule has 15 heavy (non-hydrogen) atoms. The van der Waals surface area contributed by atoms with Gasteiger partial charge in [0.2, 0.25) is 11.9 Å². The highest BCUT2D eigenvalue weighted by Gasteiger charge is 2.21. The number of aromatic nitrogens is 1. The van der Waals surface area contributed by atoms with E-state index in [0.29, 0.717) is 24.4 Å². The van der Waals surface area contributed by atoms with Crippen LogP contribution >= 0.6 is 0 Å². The Morgan fingerprint density at radius 2 is 2.53 bits per heavy atom. The van der Waals surface area contributed by atoms with Crippen LogP contribution in [0.2, 0.25) is 0 Å². The van der Waals surface area contributed by atoms with Crippen LogP contribution in [0.3, 0.4) is 0 Å². The summed E-state index contributed by atoms with van der Waals surface area (Å²) >= 11 is 0. The molecular weight excluding hydrogens is 194 g/mol. The monoisotopic (exact) mass is 209 g/mol. The molecule has 1 aliphatic rings. The number of aliphatic imine (C=N–C) groups is 1. The number of nitrogens with two attached hydrogens (primary N) is 1. The molecule has 4 N–H and O–H groups in total. The van der Waals surface area contributed by atoms with E-state index in [2.05, 4.69) is 20.7 Å².